The van der Waals surface area contributed by atoms with Crippen LogP contribution in [-0.2, 0) is 0 Å². The lowest BCUT2D eigenvalue weighted by atomic mass is 10.2. The molecule has 1 N–H and O–H groups in total. The second kappa shape index (κ2) is 4.96. The third-order valence-electron chi connectivity index (χ3n) is 3.21. The molecule has 0 amide bonds. The highest BCUT2D eigenvalue weighted by Gasteiger charge is 2.13. The Balaban J connectivity index is 1.90. The molecule has 0 atom stereocenters. The summed E-state index contributed by atoms with van der Waals surface area (Å²) in [5.41, 5.74) is 0.771. The van der Waals surface area contributed by atoms with Crippen molar-refractivity contribution < 1.29 is 8.78 Å². The Morgan fingerprint density at radius 2 is 1.95 bits per heavy atom. The average Bonchev–Trinajstić information content (AvgIpc) is 2.91. The first-order chi connectivity index (χ1) is 10.7. The lowest BCUT2D eigenvalue weighted by Gasteiger charge is -2.07. The largest absolute Gasteiger partial charge is 0.336 e. The number of pyridine rings is 1. The Kier molecular flexibility index (Phi) is 2.93. The number of rotatable bonds is 2. The first kappa shape index (κ1) is 13.0. The molecule has 0 radical (unpaired) electrons. The summed E-state index contributed by atoms with van der Waals surface area (Å²) in [6.07, 6.45) is 3.09. The van der Waals surface area contributed by atoms with E-state index in [1.54, 1.807) is 6.20 Å². The van der Waals surface area contributed by atoms with E-state index < -0.39 is 11.6 Å². The summed E-state index contributed by atoms with van der Waals surface area (Å²) in [6.45, 7) is 0. The van der Waals surface area contributed by atoms with Crippen molar-refractivity contribution in [1.29, 1.82) is 0 Å². The monoisotopic (exact) mass is 314 g/mol. The molecule has 3 heterocycles. The Hall–Kier alpha value is -2.67. The Labute approximate surface area is 127 Å². The average molecular weight is 314 g/mol. The second-order valence-corrected chi connectivity index (χ2v) is 5.61. The van der Waals surface area contributed by atoms with Crippen LogP contribution in [0.4, 0.5) is 20.3 Å². The molecule has 4 aromatic rings. The third kappa shape index (κ3) is 2.06. The maximum atomic E-state index is 13.8. The van der Waals surface area contributed by atoms with Crippen LogP contribution in [0.25, 0.3) is 20.4 Å². The van der Waals surface area contributed by atoms with Crippen LogP contribution in [0.15, 0.2) is 42.9 Å². The van der Waals surface area contributed by atoms with Crippen molar-refractivity contribution in [3.63, 3.8) is 0 Å². The molecule has 0 saturated heterocycles. The van der Waals surface area contributed by atoms with Gasteiger partial charge in [-0.25, -0.2) is 23.7 Å². The molecule has 0 aliphatic rings. The molecule has 0 unspecified atom stereocenters. The van der Waals surface area contributed by atoms with E-state index >= 15 is 0 Å². The lowest BCUT2D eigenvalue weighted by molar-refractivity contribution is 0.603. The molecule has 0 saturated carbocycles. The molecule has 0 spiro atoms. The molecule has 4 rings (SSSR count). The molecule has 0 aliphatic carbocycles. The summed E-state index contributed by atoms with van der Waals surface area (Å²) in [5, 5.41) is 3.74. The van der Waals surface area contributed by atoms with Gasteiger partial charge >= 0.3 is 0 Å². The summed E-state index contributed by atoms with van der Waals surface area (Å²) in [6, 6.07) is 6.98. The second-order valence-electron chi connectivity index (χ2n) is 4.61. The van der Waals surface area contributed by atoms with Crippen molar-refractivity contribution in [3.8, 4) is 0 Å². The lowest BCUT2D eigenvalue weighted by Crippen LogP contribution is -1.97. The number of halogens is 2. The molecule has 108 valence electrons. The molecule has 0 bridgehead atoms. The fourth-order valence-corrected chi connectivity index (χ4v) is 3.26. The van der Waals surface area contributed by atoms with E-state index in [9.17, 15) is 8.78 Å². The van der Waals surface area contributed by atoms with Gasteiger partial charge in [0.15, 0.2) is 5.82 Å². The van der Waals surface area contributed by atoms with Crippen LogP contribution in [0.3, 0.4) is 0 Å². The standard InChI is InChI=1S/C15H8F2N4S/c16-8-3-4-10(17)11(6-8)21-14-13-12(19-7-20-14)9-2-1-5-18-15(9)22-13/h1-7H,(H,19,20,21). The van der Waals surface area contributed by atoms with Crippen LogP contribution in [-0.4, -0.2) is 15.0 Å². The summed E-state index contributed by atoms with van der Waals surface area (Å²) in [5.74, 6) is -0.642. The van der Waals surface area contributed by atoms with Gasteiger partial charge in [-0.05, 0) is 24.3 Å². The van der Waals surface area contributed by atoms with E-state index in [0.29, 0.717) is 5.82 Å². The van der Waals surface area contributed by atoms with E-state index in [-0.39, 0.29) is 5.69 Å². The number of benzene rings is 1. The van der Waals surface area contributed by atoms with Gasteiger partial charge in [0.05, 0.1) is 15.9 Å². The number of anilines is 2. The zero-order valence-electron chi connectivity index (χ0n) is 11.0. The highest BCUT2D eigenvalue weighted by atomic mass is 32.1. The van der Waals surface area contributed by atoms with Gasteiger partial charge in [0.2, 0.25) is 0 Å². The smallest absolute Gasteiger partial charge is 0.152 e. The number of nitrogens with zero attached hydrogens (tertiary/aromatic N) is 3. The topological polar surface area (TPSA) is 50.7 Å². The molecule has 0 aliphatic heterocycles. The van der Waals surface area contributed by atoms with Crippen molar-refractivity contribution in [3.05, 3.63) is 54.5 Å². The highest BCUT2D eigenvalue weighted by Crippen LogP contribution is 2.35. The Morgan fingerprint density at radius 3 is 2.86 bits per heavy atom. The van der Waals surface area contributed by atoms with Crippen LogP contribution in [0.2, 0.25) is 0 Å². The van der Waals surface area contributed by atoms with Crippen molar-refractivity contribution in [2.24, 2.45) is 0 Å². The van der Waals surface area contributed by atoms with Gasteiger partial charge < -0.3 is 5.32 Å². The third-order valence-corrected chi connectivity index (χ3v) is 4.32. The summed E-state index contributed by atoms with van der Waals surface area (Å²) in [7, 11) is 0. The van der Waals surface area contributed by atoms with Gasteiger partial charge in [0.25, 0.3) is 0 Å². The van der Waals surface area contributed by atoms with E-state index in [1.807, 2.05) is 12.1 Å². The van der Waals surface area contributed by atoms with Crippen LogP contribution in [0.5, 0.6) is 0 Å². The maximum Gasteiger partial charge on any atom is 0.152 e. The van der Waals surface area contributed by atoms with Crippen molar-refractivity contribution >= 4 is 43.3 Å². The highest BCUT2D eigenvalue weighted by molar-refractivity contribution is 7.25. The first-order valence-corrected chi connectivity index (χ1v) is 7.24. The van der Waals surface area contributed by atoms with E-state index in [4.69, 9.17) is 0 Å². The minimum absolute atomic E-state index is 0.0328. The Bertz CT molecular complexity index is 999. The van der Waals surface area contributed by atoms with Crippen molar-refractivity contribution in [2.45, 2.75) is 0 Å². The molecule has 0 fully saturated rings. The molecular formula is C15H8F2N4S. The zero-order chi connectivity index (χ0) is 15.1. The van der Waals surface area contributed by atoms with Crippen LogP contribution >= 0.6 is 11.3 Å². The number of thiophene rings is 1. The Morgan fingerprint density at radius 1 is 1.05 bits per heavy atom. The van der Waals surface area contributed by atoms with Gasteiger partial charge in [0, 0.05) is 17.6 Å². The van der Waals surface area contributed by atoms with E-state index in [2.05, 4.69) is 20.3 Å². The number of hydrogen-bond acceptors (Lipinski definition) is 5. The SMILES string of the molecule is Fc1ccc(F)c(Nc2ncnc3c2sc2ncccc23)c1. The van der Waals surface area contributed by atoms with Crippen LogP contribution in [0, 0.1) is 11.6 Å². The minimum atomic E-state index is -0.549. The predicted octanol–water partition coefficient (Wildman–Crippen LogP) is 4.26. The summed E-state index contributed by atoms with van der Waals surface area (Å²) >= 11 is 1.40. The predicted molar refractivity (Wildman–Crippen MR) is 82.4 cm³/mol. The number of fused-ring (bicyclic) bond motifs is 3. The van der Waals surface area contributed by atoms with Gasteiger partial charge in [0.1, 0.15) is 22.8 Å². The zero-order valence-corrected chi connectivity index (χ0v) is 11.9. The molecule has 3 aromatic heterocycles. The molecule has 4 nitrogen and oxygen atoms in total. The summed E-state index contributed by atoms with van der Waals surface area (Å²) in [4.78, 5) is 13.5. The van der Waals surface area contributed by atoms with E-state index in [0.717, 1.165) is 38.6 Å². The summed E-state index contributed by atoms with van der Waals surface area (Å²) < 4.78 is 27.8. The number of nitrogens with one attached hydrogen (secondary N) is 1. The van der Waals surface area contributed by atoms with Gasteiger partial charge in [-0.2, -0.15) is 0 Å². The van der Waals surface area contributed by atoms with Crippen molar-refractivity contribution in [1.82, 2.24) is 15.0 Å². The van der Waals surface area contributed by atoms with E-state index in [1.165, 1.54) is 17.7 Å². The van der Waals surface area contributed by atoms with Gasteiger partial charge in [-0.15, -0.1) is 11.3 Å². The molecule has 22 heavy (non-hydrogen) atoms. The van der Waals surface area contributed by atoms with Gasteiger partial charge in [-0.3, -0.25) is 0 Å². The molecule has 7 heteroatoms. The first-order valence-electron chi connectivity index (χ1n) is 6.43. The molecular weight excluding hydrogens is 306 g/mol. The number of hydrogen-bond donors (Lipinski definition) is 1. The van der Waals surface area contributed by atoms with Gasteiger partial charge in [-0.1, -0.05) is 0 Å². The number of aromatic nitrogens is 3. The fraction of sp³-hybridized carbons (Fsp3) is 0. The maximum absolute atomic E-state index is 13.8. The normalized spacial score (nSPS) is 11.2. The fourth-order valence-electron chi connectivity index (χ4n) is 2.22. The molecule has 1 aromatic carbocycles. The van der Waals surface area contributed by atoms with Crippen LogP contribution < -0.4 is 5.32 Å². The minimum Gasteiger partial charge on any atom is -0.336 e. The van der Waals surface area contributed by atoms with Crippen LogP contribution in [0.1, 0.15) is 0 Å². The van der Waals surface area contributed by atoms with Crippen molar-refractivity contribution in [2.75, 3.05) is 5.32 Å². The quantitative estimate of drug-likeness (QED) is 0.600.